The van der Waals surface area contributed by atoms with Crippen LogP contribution < -0.4 is 4.72 Å². The van der Waals surface area contributed by atoms with Gasteiger partial charge in [0.25, 0.3) is 0 Å². The molecule has 0 spiro atoms. The van der Waals surface area contributed by atoms with Crippen LogP contribution in [0.2, 0.25) is 0 Å². The van der Waals surface area contributed by atoms with Gasteiger partial charge < -0.3 is 0 Å². The van der Waals surface area contributed by atoms with Gasteiger partial charge in [-0.2, -0.15) is 0 Å². The van der Waals surface area contributed by atoms with Crippen LogP contribution in [0.5, 0.6) is 0 Å². The van der Waals surface area contributed by atoms with Crippen LogP contribution in [0.15, 0.2) is 0 Å². The summed E-state index contributed by atoms with van der Waals surface area (Å²) in [6.45, 7) is 2.74. The molecular formula is C7H15NO2S. The third-order valence-electron chi connectivity index (χ3n) is 2.42. The highest BCUT2D eigenvalue weighted by atomic mass is 32.2. The topological polar surface area (TPSA) is 46.2 Å². The predicted octanol–water partition coefficient (Wildman–Crippen LogP) is 0.726. The van der Waals surface area contributed by atoms with E-state index in [0.717, 1.165) is 6.42 Å². The van der Waals surface area contributed by atoms with E-state index in [1.54, 1.807) is 0 Å². The van der Waals surface area contributed by atoms with Crippen molar-refractivity contribution in [3.63, 3.8) is 0 Å². The minimum Gasteiger partial charge on any atom is -0.215 e. The van der Waals surface area contributed by atoms with E-state index in [9.17, 15) is 8.42 Å². The van der Waals surface area contributed by atoms with Gasteiger partial charge in [0.05, 0.1) is 6.26 Å². The van der Waals surface area contributed by atoms with E-state index >= 15 is 0 Å². The van der Waals surface area contributed by atoms with Crippen molar-refractivity contribution in [2.75, 3.05) is 12.8 Å². The Balaban J connectivity index is 2.33. The molecule has 0 radical (unpaired) electrons. The molecule has 0 bridgehead atoms. The Labute approximate surface area is 68.2 Å². The largest absolute Gasteiger partial charge is 0.215 e. The molecule has 3 nitrogen and oxygen atoms in total. The normalized spacial score (nSPS) is 21.6. The first-order chi connectivity index (χ1) is 4.97. The summed E-state index contributed by atoms with van der Waals surface area (Å²) in [6, 6.07) is 0. The van der Waals surface area contributed by atoms with Gasteiger partial charge in [0.2, 0.25) is 10.0 Å². The highest BCUT2D eigenvalue weighted by Gasteiger charge is 2.40. The Morgan fingerprint density at radius 2 is 2.00 bits per heavy atom. The average molecular weight is 177 g/mol. The lowest BCUT2D eigenvalue weighted by atomic mass is 10.1. The average Bonchev–Trinajstić information content (AvgIpc) is 2.63. The molecule has 0 aliphatic heterocycles. The number of rotatable bonds is 4. The summed E-state index contributed by atoms with van der Waals surface area (Å²) < 4.78 is 24.0. The van der Waals surface area contributed by atoms with Gasteiger partial charge in [0.1, 0.15) is 0 Å². The molecule has 4 heteroatoms. The lowest BCUT2D eigenvalue weighted by molar-refractivity contribution is 0.477. The second-order valence-corrected chi connectivity index (χ2v) is 5.28. The molecule has 1 fully saturated rings. The highest BCUT2D eigenvalue weighted by molar-refractivity contribution is 7.88. The molecule has 11 heavy (non-hydrogen) atoms. The molecule has 0 saturated heterocycles. The Morgan fingerprint density at radius 1 is 1.45 bits per heavy atom. The van der Waals surface area contributed by atoms with Crippen LogP contribution in [0.4, 0.5) is 0 Å². The standard InChI is InChI=1S/C7H15NO2S/c1-3-7(4-5-7)6-8-11(2,9)10/h8H,3-6H2,1-2H3. The van der Waals surface area contributed by atoms with Gasteiger partial charge in [0, 0.05) is 6.54 Å². The fourth-order valence-electron chi connectivity index (χ4n) is 1.12. The molecule has 1 N–H and O–H groups in total. The lowest BCUT2D eigenvalue weighted by Crippen LogP contribution is -2.28. The van der Waals surface area contributed by atoms with Crippen molar-refractivity contribution in [3.8, 4) is 0 Å². The molecular weight excluding hydrogens is 162 g/mol. The van der Waals surface area contributed by atoms with E-state index in [1.165, 1.54) is 19.1 Å². The maximum atomic E-state index is 10.7. The van der Waals surface area contributed by atoms with Crippen molar-refractivity contribution in [3.05, 3.63) is 0 Å². The van der Waals surface area contributed by atoms with Crippen LogP contribution in [0.3, 0.4) is 0 Å². The van der Waals surface area contributed by atoms with Gasteiger partial charge >= 0.3 is 0 Å². The molecule has 1 saturated carbocycles. The van der Waals surface area contributed by atoms with E-state index < -0.39 is 10.0 Å². The van der Waals surface area contributed by atoms with Crippen molar-refractivity contribution >= 4 is 10.0 Å². The molecule has 1 aliphatic rings. The van der Waals surface area contributed by atoms with Gasteiger partial charge in [-0.3, -0.25) is 0 Å². The predicted molar refractivity (Wildman–Crippen MR) is 44.8 cm³/mol. The maximum Gasteiger partial charge on any atom is 0.208 e. The van der Waals surface area contributed by atoms with Crippen LogP contribution in [-0.4, -0.2) is 21.2 Å². The van der Waals surface area contributed by atoms with E-state index in [-0.39, 0.29) is 0 Å². The molecule has 0 unspecified atom stereocenters. The zero-order valence-corrected chi connectivity index (χ0v) is 7.87. The number of hydrogen-bond donors (Lipinski definition) is 1. The summed E-state index contributed by atoms with van der Waals surface area (Å²) in [4.78, 5) is 0. The van der Waals surface area contributed by atoms with E-state index in [2.05, 4.69) is 11.6 Å². The second-order valence-electron chi connectivity index (χ2n) is 3.45. The van der Waals surface area contributed by atoms with Crippen molar-refractivity contribution in [2.45, 2.75) is 26.2 Å². The summed E-state index contributed by atoms with van der Waals surface area (Å²) in [7, 11) is -2.98. The Bertz CT molecular complexity index is 229. The van der Waals surface area contributed by atoms with Crippen LogP contribution in [-0.2, 0) is 10.0 Å². The first kappa shape index (κ1) is 9.00. The first-order valence-corrected chi connectivity index (χ1v) is 5.81. The van der Waals surface area contributed by atoms with Crippen LogP contribution in [0, 0.1) is 5.41 Å². The number of nitrogens with one attached hydrogen (secondary N) is 1. The van der Waals surface area contributed by atoms with Crippen molar-refractivity contribution in [1.82, 2.24) is 4.72 Å². The molecule has 0 aromatic carbocycles. The third kappa shape index (κ3) is 2.79. The van der Waals surface area contributed by atoms with Crippen LogP contribution in [0.25, 0.3) is 0 Å². The van der Waals surface area contributed by atoms with E-state index in [0.29, 0.717) is 12.0 Å². The summed E-state index contributed by atoms with van der Waals surface area (Å²) in [5.41, 5.74) is 0.309. The lowest BCUT2D eigenvalue weighted by Gasteiger charge is -2.11. The van der Waals surface area contributed by atoms with Gasteiger partial charge in [-0.05, 0) is 24.7 Å². The highest BCUT2D eigenvalue weighted by Crippen LogP contribution is 2.47. The van der Waals surface area contributed by atoms with Gasteiger partial charge in [-0.1, -0.05) is 6.92 Å². The molecule has 0 aromatic heterocycles. The maximum absolute atomic E-state index is 10.7. The molecule has 1 rings (SSSR count). The summed E-state index contributed by atoms with van der Waals surface area (Å²) >= 11 is 0. The van der Waals surface area contributed by atoms with Gasteiger partial charge in [-0.25, -0.2) is 13.1 Å². The molecule has 0 heterocycles. The number of hydrogen-bond acceptors (Lipinski definition) is 2. The van der Waals surface area contributed by atoms with Gasteiger partial charge in [0.15, 0.2) is 0 Å². The monoisotopic (exact) mass is 177 g/mol. The molecule has 0 atom stereocenters. The van der Waals surface area contributed by atoms with E-state index in [1.807, 2.05) is 0 Å². The Morgan fingerprint density at radius 3 is 2.27 bits per heavy atom. The SMILES string of the molecule is CCC1(CNS(C)(=O)=O)CC1. The molecule has 1 aliphatic carbocycles. The van der Waals surface area contributed by atoms with Crippen LogP contribution >= 0.6 is 0 Å². The summed E-state index contributed by atoms with van der Waals surface area (Å²) in [5.74, 6) is 0. The Hall–Kier alpha value is -0.0900. The minimum absolute atomic E-state index is 0.309. The zero-order valence-electron chi connectivity index (χ0n) is 7.05. The van der Waals surface area contributed by atoms with Crippen LogP contribution in [0.1, 0.15) is 26.2 Å². The molecule has 66 valence electrons. The Kier molecular flexibility index (Phi) is 2.25. The summed E-state index contributed by atoms with van der Waals surface area (Å²) in [5, 5.41) is 0. The van der Waals surface area contributed by atoms with Gasteiger partial charge in [-0.15, -0.1) is 0 Å². The third-order valence-corrected chi connectivity index (χ3v) is 3.09. The smallest absolute Gasteiger partial charge is 0.208 e. The molecule has 0 amide bonds. The quantitative estimate of drug-likeness (QED) is 0.688. The van der Waals surface area contributed by atoms with E-state index in [4.69, 9.17) is 0 Å². The minimum atomic E-state index is -2.98. The zero-order chi connectivity index (χ0) is 8.54. The van der Waals surface area contributed by atoms with Crippen molar-refractivity contribution < 1.29 is 8.42 Å². The molecule has 0 aromatic rings. The fraction of sp³-hybridized carbons (Fsp3) is 1.00. The van der Waals surface area contributed by atoms with Crippen molar-refractivity contribution in [1.29, 1.82) is 0 Å². The first-order valence-electron chi connectivity index (χ1n) is 3.92. The number of sulfonamides is 1. The second kappa shape index (κ2) is 2.75. The summed E-state index contributed by atoms with van der Waals surface area (Å²) in [6.07, 6.45) is 4.63. The fourth-order valence-corrected chi connectivity index (χ4v) is 1.68. The van der Waals surface area contributed by atoms with Crippen molar-refractivity contribution in [2.24, 2.45) is 5.41 Å².